The second kappa shape index (κ2) is 9.88. The number of carbonyl (C=O) groups excluding carboxylic acids is 2. The molecule has 0 fully saturated rings. The van der Waals surface area contributed by atoms with Gasteiger partial charge in [0.25, 0.3) is 0 Å². The summed E-state index contributed by atoms with van der Waals surface area (Å²) in [6.45, 7) is 2.46. The van der Waals surface area contributed by atoms with Gasteiger partial charge in [0.1, 0.15) is 0 Å². The Morgan fingerprint density at radius 3 is 2.39 bits per heavy atom. The number of hydrogen-bond acceptors (Lipinski definition) is 5. The fourth-order valence-corrected chi connectivity index (χ4v) is 4.39. The van der Waals surface area contributed by atoms with E-state index in [-0.39, 0.29) is 24.3 Å². The summed E-state index contributed by atoms with van der Waals surface area (Å²) in [5, 5.41) is 2.94. The van der Waals surface area contributed by atoms with Crippen LogP contribution in [-0.4, -0.2) is 43.9 Å². The van der Waals surface area contributed by atoms with E-state index in [1.165, 1.54) is 12.5 Å². The van der Waals surface area contributed by atoms with E-state index in [1.807, 2.05) is 30.3 Å². The molecule has 4 rings (SSSR count). The first kappa shape index (κ1) is 22.6. The average molecular weight is 445 g/mol. The van der Waals surface area contributed by atoms with Crippen LogP contribution in [0, 0.1) is 0 Å². The minimum absolute atomic E-state index is 0.0350. The van der Waals surface area contributed by atoms with Gasteiger partial charge in [-0.2, -0.15) is 0 Å². The number of fused-ring (bicyclic) bond motifs is 1. The normalized spacial score (nSPS) is 15.4. The number of amides is 1. The Hall–Kier alpha value is -3.64. The second-order valence-electron chi connectivity index (χ2n) is 8.12. The third-order valence-electron chi connectivity index (χ3n) is 5.99. The number of anilines is 1. The minimum atomic E-state index is -0.124. The average Bonchev–Trinajstić information content (AvgIpc) is 2.83. The first-order valence-corrected chi connectivity index (χ1v) is 10.9. The molecular weight excluding hydrogens is 416 g/mol. The van der Waals surface area contributed by atoms with E-state index in [1.54, 1.807) is 38.5 Å². The van der Waals surface area contributed by atoms with Gasteiger partial charge in [-0.3, -0.25) is 14.5 Å². The molecule has 3 aromatic rings. The van der Waals surface area contributed by atoms with E-state index >= 15 is 0 Å². The third kappa shape index (κ3) is 4.91. The van der Waals surface area contributed by atoms with Gasteiger partial charge in [0.15, 0.2) is 17.3 Å². The van der Waals surface area contributed by atoms with Crippen molar-refractivity contribution in [3.05, 3.63) is 89.0 Å². The van der Waals surface area contributed by atoms with Gasteiger partial charge >= 0.3 is 0 Å². The number of benzene rings is 3. The smallest absolute Gasteiger partial charge is 0.238 e. The molecule has 170 valence electrons. The lowest BCUT2D eigenvalue weighted by Crippen LogP contribution is -2.41. The molecule has 3 aromatic carbocycles. The van der Waals surface area contributed by atoms with Crippen molar-refractivity contribution in [1.29, 1.82) is 0 Å². The summed E-state index contributed by atoms with van der Waals surface area (Å²) in [6.07, 6.45) is 0.798. The lowest BCUT2D eigenvalue weighted by Gasteiger charge is -2.37. The Balaban J connectivity index is 1.63. The number of methoxy groups -OCH3 is 2. The largest absolute Gasteiger partial charge is 0.493 e. The molecule has 1 atom stereocenters. The molecule has 1 heterocycles. The SMILES string of the molecule is COc1cc2c(cc1OC)C(c1ccccc1)N(CC(=O)Nc1cccc(C(C)=O)c1)CC2. The Morgan fingerprint density at radius 1 is 0.970 bits per heavy atom. The summed E-state index contributed by atoms with van der Waals surface area (Å²) in [4.78, 5) is 26.8. The molecule has 0 saturated carbocycles. The van der Waals surface area contributed by atoms with Gasteiger partial charge in [0.2, 0.25) is 5.91 Å². The second-order valence-corrected chi connectivity index (χ2v) is 8.12. The fourth-order valence-electron chi connectivity index (χ4n) is 4.39. The number of rotatable bonds is 7. The summed E-state index contributed by atoms with van der Waals surface area (Å²) in [6, 6.07) is 21.1. The van der Waals surface area contributed by atoms with Crippen LogP contribution in [0.1, 0.15) is 40.0 Å². The maximum Gasteiger partial charge on any atom is 0.238 e. The van der Waals surface area contributed by atoms with Crippen LogP contribution in [0.25, 0.3) is 0 Å². The van der Waals surface area contributed by atoms with E-state index in [0.717, 1.165) is 24.1 Å². The van der Waals surface area contributed by atoms with Crippen LogP contribution in [0.15, 0.2) is 66.7 Å². The molecule has 6 heteroatoms. The quantitative estimate of drug-likeness (QED) is 0.544. The zero-order valence-electron chi connectivity index (χ0n) is 19.1. The molecule has 0 saturated heterocycles. The van der Waals surface area contributed by atoms with Gasteiger partial charge in [-0.15, -0.1) is 0 Å². The molecule has 33 heavy (non-hydrogen) atoms. The molecule has 6 nitrogen and oxygen atoms in total. The van der Waals surface area contributed by atoms with Crippen LogP contribution in [0.3, 0.4) is 0 Å². The standard InChI is InChI=1S/C27H28N2O4/c1-18(30)20-10-7-11-22(14-20)28-26(31)17-29-13-12-21-15-24(32-2)25(33-3)16-23(21)27(29)19-8-5-4-6-9-19/h4-11,14-16,27H,12-13,17H2,1-3H3,(H,28,31). The first-order chi connectivity index (χ1) is 16.0. The lowest BCUT2D eigenvalue weighted by atomic mass is 9.87. The Morgan fingerprint density at radius 2 is 1.70 bits per heavy atom. The molecule has 1 aliphatic heterocycles. The maximum atomic E-state index is 13.0. The molecule has 1 N–H and O–H groups in total. The Labute approximate surface area is 194 Å². The van der Waals surface area contributed by atoms with Crippen molar-refractivity contribution in [2.75, 3.05) is 32.6 Å². The summed E-state index contributed by atoms with van der Waals surface area (Å²) >= 11 is 0. The van der Waals surface area contributed by atoms with Crippen molar-refractivity contribution in [3.63, 3.8) is 0 Å². The monoisotopic (exact) mass is 444 g/mol. The van der Waals surface area contributed by atoms with Crippen molar-refractivity contribution in [3.8, 4) is 11.5 Å². The van der Waals surface area contributed by atoms with Crippen molar-refractivity contribution >= 4 is 17.4 Å². The van der Waals surface area contributed by atoms with Gasteiger partial charge in [-0.25, -0.2) is 0 Å². The van der Waals surface area contributed by atoms with Crippen LogP contribution in [0.5, 0.6) is 11.5 Å². The van der Waals surface area contributed by atoms with Gasteiger partial charge in [0, 0.05) is 17.8 Å². The molecule has 0 radical (unpaired) electrons. The number of nitrogens with zero attached hydrogens (tertiary/aromatic N) is 1. The summed E-state index contributed by atoms with van der Waals surface area (Å²) in [5.74, 6) is 1.22. The van der Waals surface area contributed by atoms with E-state index in [4.69, 9.17) is 9.47 Å². The lowest BCUT2D eigenvalue weighted by molar-refractivity contribution is -0.117. The van der Waals surface area contributed by atoms with Crippen LogP contribution < -0.4 is 14.8 Å². The fraction of sp³-hybridized carbons (Fsp3) is 0.259. The Bertz CT molecular complexity index is 1160. The molecule has 0 aromatic heterocycles. The summed E-state index contributed by atoms with van der Waals surface area (Å²) < 4.78 is 11.1. The van der Waals surface area contributed by atoms with Gasteiger partial charge in [0.05, 0.1) is 26.8 Å². The highest BCUT2D eigenvalue weighted by Crippen LogP contribution is 2.40. The number of hydrogen-bond donors (Lipinski definition) is 1. The van der Waals surface area contributed by atoms with Crippen molar-refractivity contribution < 1.29 is 19.1 Å². The zero-order valence-corrected chi connectivity index (χ0v) is 19.1. The number of ketones is 1. The Kier molecular flexibility index (Phi) is 6.75. The van der Waals surface area contributed by atoms with Crippen molar-refractivity contribution in [1.82, 2.24) is 4.90 Å². The zero-order chi connectivity index (χ0) is 23.4. The van der Waals surface area contributed by atoms with Gasteiger partial charge < -0.3 is 14.8 Å². The number of nitrogens with one attached hydrogen (secondary N) is 1. The van der Waals surface area contributed by atoms with Crippen molar-refractivity contribution in [2.24, 2.45) is 0 Å². The molecular formula is C27H28N2O4. The van der Waals surface area contributed by atoms with Gasteiger partial charge in [-0.05, 0) is 54.3 Å². The van der Waals surface area contributed by atoms with Crippen LogP contribution in [0.4, 0.5) is 5.69 Å². The third-order valence-corrected chi connectivity index (χ3v) is 5.99. The predicted molar refractivity (Wildman–Crippen MR) is 128 cm³/mol. The number of Topliss-reactive ketones (excluding diaryl/α,β-unsaturated/α-hetero) is 1. The van der Waals surface area contributed by atoms with E-state index in [0.29, 0.717) is 22.7 Å². The molecule has 0 aliphatic carbocycles. The molecule has 1 aliphatic rings. The highest BCUT2D eigenvalue weighted by molar-refractivity contribution is 5.97. The molecule has 1 amide bonds. The van der Waals surface area contributed by atoms with Crippen LogP contribution >= 0.6 is 0 Å². The maximum absolute atomic E-state index is 13.0. The van der Waals surface area contributed by atoms with Gasteiger partial charge in [-0.1, -0.05) is 42.5 Å². The van der Waals surface area contributed by atoms with E-state index in [2.05, 4.69) is 22.3 Å². The van der Waals surface area contributed by atoms with Crippen molar-refractivity contribution in [2.45, 2.75) is 19.4 Å². The summed E-state index contributed by atoms with van der Waals surface area (Å²) in [7, 11) is 3.27. The van der Waals surface area contributed by atoms with Crippen LogP contribution in [-0.2, 0) is 11.2 Å². The molecule has 0 spiro atoms. The summed E-state index contributed by atoms with van der Waals surface area (Å²) in [5.41, 5.74) is 4.59. The predicted octanol–water partition coefficient (Wildman–Crippen LogP) is 4.49. The van der Waals surface area contributed by atoms with Crippen LogP contribution in [0.2, 0.25) is 0 Å². The number of ether oxygens (including phenoxy) is 2. The highest BCUT2D eigenvalue weighted by atomic mass is 16.5. The minimum Gasteiger partial charge on any atom is -0.493 e. The molecule has 1 unspecified atom stereocenters. The topological polar surface area (TPSA) is 67.9 Å². The highest BCUT2D eigenvalue weighted by Gasteiger charge is 2.31. The van der Waals surface area contributed by atoms with E-state index in [9.17, 15) is 9.59 Å². The van der Waals surface area contributed by atoms with E-state index < -0.39 is 0 Å². The molecule has 0 bridgehead atoms. The number of carbonyl (C=O) groups is 2. The first-order valence-electron chi connectivity index (χ1n) is 10.9.